The van der Waals surface area contributed by atoms with E-state index in [4.69, 9.17) is 0 Å². The minimum atomic E-state index is -0.498. The second-order valence-corrected chi connectivity index (χ2v) is 5.75. The number of hydrogen-bond donors (Lipinski definition) is 4. The maximum atomic E-state index is 12.4. The summed E-state index contributed by atoms with van der Waals surface area (Å²) >= 11 is 0. The van der Waals surface area contributed by atoms with E-state index < -0.39 is 11.1 Å². The molecular formula is C18H13N3O4. The minimum absolute atomic E-state index is 0.119. The van der Waals surface area contributed by atoms with Crippen LogP contribution in [0.15, 0.2) is 46.0 Å². The number of H-pyrrole nitrogens is 2. The summed E-state index contributed by atoms with van der Waals surface area (Å²) in [6, 6.07) is 10.2. The lowest BCUT2D eigenvalue weighted by atomic mass is 10.0. The van der Waals surface area contributed by atoms with E-state index in [1.54, 1.807) is 24.3 Å². The molecule has 7 nitrogen and oxygen atoms in total. The molecule has 7 heteroatoms. The molecule has 3 aromatic heterocycles. The lowest BCUT2D eigenvalue weighted by Gasteiger charge is -2.09. The average molecular weight is 335 g/mol. The Bertz CT molecular complexity index is 1260. The van der Waals surface area contributed by atoms with Crippen LogP contribution in [0.25, 0.3) is 33.2 Å². The Hall–Kier alpha value is -3.61. The van der Waals surface area contributed by atoms with Crippen molar-refractivity contribution in [1.82, 2.24) is 15.0 Å². The van der Waals surface area contributed by atoms with Gasteiger partial charge in [0, 0.05) is 0 Å². The summed E-state index contributed by atoms with van der Waals surface area (Å²) in [6.07, 6.45) is 0. The highest BCUT2D eigenvalue weighted by Gasteiger charge is 2.17. The summed E-state index contributed by atoms with van der Waals surface area (Å²) in [6.45, 7) is 1.49. The third-order valence-corrected chi connectivity index (χ3v) is 4.22. The second kappa shape index (κ2) is 5.20. The predicted molar refractivity (Wildman–Crippen MR) is 94.0 cm³/mol. The van der Waals surface area contributed by atoms with Crippen LogP contribution < -0.4 is 11.1 Å². The van der Waals surface area contributed by atoms with E-state index in [0.29, 0.717) is 5.56 Å². The molecule has 0 atom stereocenters. The van der Waals surface area contributed by atoms with Crippen molar-refractivity contribution in [2.75, 3.05) is 0 Å². The van der Waals surface area contributed by atoms with Crippen molar-refractivity contribution in [2.24, 2.45) is 0 Å². The molecular weight excluding hydrogens is 322 g/mol. The van der Waals surface area contributed by atoms with Gasteiger partial charge in [0.2, 0.25) is 0 Å². The standard InChI is InChI=1S/C18H13N3O4/c1-8-13(22)10-7-11-14(23)12(9-5-3-2-4-6-9)18(25)21-16(11)19-15(10)20-17(8)24/h2-7H,1H3,(H4,19,20,21,22,23,24,25). The van der Waals surface area contributed by atoms with Crippen LogP contribution >= 0.6 is 0 Å². The summed E-state index contributed by atoms with van der Waals surface area (Å²) < 4.78 is 0. The molecule has 0 saturated heterocycles. The molecule has 25 heavy (non-hydrogen) atoms. The number of fused-ring (bicyclic) bond motifs is 2. The number of aromatic nitrogens is 3. The van der Waals surface area contributed by atoms with E-state index in [1.807, 2.05) is 6.07 Å². The maximum absolute atomic E-state index is 12.4. The molecule has 0 bridgehead atoms. The highest BCUT2D eigenvalue weighted by Crippen LogP contribution is 2.34. The summed E-state index contributed by atoms with van der Waals surface area (Å²) in [5, 5.41) is 21.4. The van der Waals surface area contributed by atoms with E-state index in [2.05, 4.69) is 15.0 Å². The molecule has 0 radical (unpaired) electrons. The number of pyridine rings is 3. The number of hydrogen-bond acceptors (Lipinski definition) is 5. The summed E-state index contributed by atoms with van der Waals surface area (Å²) in [7, 11) is 0. The molecule has 0 amide bonds. The fraction of sp³-hybridized carbons (Fsp3) is 0.0556. The summed E-state index contributed by atoms with van der Waals surface area (Å²) in [5.74, 6) is -0.442. The van der Waals surface area contributed by atoms with Gasteiger partial charge in [-0.05, 0) is 18.6 Å². The van der Waals surface area contributed by atoms with E-state index >= 15 is 0 Å². The van der Waals surface area contributed by atoms with Gasteiger partial charge in [0.1, 0.15) is 22.8 Å². The molecule has 4 aromatic rings. The fourth-order valence-corrected chi connectivity index (χ4v) is 2.86. The summed E-state index contributed by atoms with van der Waals surface area (Å²) in [5.41, 5.74) is 0.114. The third-order valence-electron chi connectivity index (χ3n) is 4.22. The van der Waals surface area contributed by atoms with E-state index in [9.17, 15) is 19.8 Å². The van der Waals surface area contributed by atoms with Gasteiger partial charge in [0.15, 0.2) is 0 Å². The van der Waals surface area contributed by atoms with Crippen LogP contribution in [0, 0.1) is 6.92 Å². The Labute approximate surface area is 140 Å². The zero-order valence-electron chi connectivity index (χ0n) is 13.1. The van der Waals surface area contributed by atoms with Crippen LogP contribution in [0.4, 0.5) is 0 Å². The molecule has 0 fully saturated rings. The van der Waals surface area contributed by atoms with Gasteiger partial charge >= 0.3 is 0 Å². The van der Waals surface area contributed by atoms with Crippen LogP contribution in [0.2, 0.25) is 0 Å². The van der Waals surface area contributed by atoms with E-state index in [0.717, 1.165) is 0 Å². The maximum Gasteiger partial charge on any atom is 0.261 e. The molecule has 0 saturated carbocycles. The van der Waals surface area contributed by atoms with Crippen molar-refractivity contribution < 1.29 is 10.2 Å². The quantitative estimate of drug-likeness (QED) is 0.397. The average Bonchev–Trinajstić information content (AvgIpc) is 2.60. The first-order valence-electron chi connectivity index (χ1n) is 7.54. The highest BCUT2D eigenvalue weighted by atomic mass is 16.3. The number of rotatable bonds is 1. The Kier molecular flexibility index (Phi) is 3.11. The second-order valence-electron chi connectivity index (χ2n) is 5.75. The first-order valence-corrected chi connectivity index (χ1v) is 7.54. The van der Waals surface area contributed by atoms with Crippen molar-refractivity contribution in [3.63, 3.8) is 0 Å². The molecule has 124 valence electrons. The molecule has 3 heterocycles. The van der Waals surface area contributed by atoms with E-state index in [-0.39, 0.29) is 44.7 Å². The SMILES string of the molecule is Cc1c(O)c2cc3c(O)c(-c4ccccc4)c(=O)[nH]c3nc2[nH]c1=O. The van der Waals surface area contributed by atoms with Crippen LogP contribution in [-0.2, 0) is 0 Å². The number of aromatic hydroxyl groups is 2. The number of aromatic amines is 2. The van der Waals surface area contributed by atoms with Gasteiger partial charge in [0.25, 0.3) is 11.1 Å². The molecule has 4 N–H and O–H groups in total. The Balaban J connectivity index is 2.15. The van der Waals surface area contributed by atoms with Crippen molar-refractivity contribution >= 4 is 22.1 Å². The first-order chi connectivity index (χ1) is 12.0. The molecule has 0 aliphatic carbocycles. The fourth-order valence-electron chi connectivity index (χ4n) is 2.86. The topological polar surface area (TPSA) is 119 Å². The zero-order chi connectivity index (χ0) is 17.7. The van der Waals surface area contributed by atoms with Crippen LogP contribution in [-0.4, -0.2) is 25.2 Å². The zero-order valence-corrected chi connectivity index (χ0v) is 13.1. The molecule has 0 spiro atoms. The van der Waals surface area contributed by atoms with Crippen molar-refractivity contribution in [1.29, 1.82) is 0 Å². The Morgan fingerprint density at radius 2 is 1.48 bits per heavy atom. The lowest BCUT2D eigenvalue weighted by molar-refractivity contribution is 0.476. The smallest absolute Gasteiger partial charge is 0.261 e. The molecule has 4 rings (SSSR count). The first kappa shape index (κ1) is 14.9. The number of nitrogens with zero attached hydrogens (tertiary/aromatic N) is 1. The van der Waals surface area contributed by atoms with Gasteiger partial charge in [-0.1, -0.05) is 30.3 Å². The third kappa shape index (κ3) is 2.17. The molecule has 0 unspecified atom stereocenters. The van der Waals surface area contributed by atoms with Crippen LogP contribution in [0.3, 0.4) is 0 Å². The van der Waals surface area contributed by atoms with Gasteiger partial charge in [-0.3, -0.25) is 9.59 Å². The van der Waals surface area contributed by atoms with Crippen LogP contribution in [0.5, 0.6) is 11.5 Å². The normalized spacial score (nSPS) is 11.2. The Morgan fingerprint density at radius 3 is 2.16 bits per heavy atom. The van der Waals surface area contributed by atoms with Gasteiger partial charge in [-0.25, -0.2) is 4.98 Å². The van der Waals surface area contributed by atoms with Crippen molar-refractivity contribution in [3.05, 3.63) is 62.7 Å². The monoisotopic (exact) mass is 335 g/mol. The van der Waals surface area contributed by atoms with Crippen molar-refractivity contribution in [3.8, 4) is 22.6 Å². The van der Waals surface area contributed by atoms with Gasteiger partial charge < -0.3 is 20.2 Å². The predicted octanol–water partition coefficient (Wildman–Crippen LogP) is 2.15. The Morgan fingerprint density at radius 1 is 0.880 bits per heavy atom. The highest BCUT2D eigenvalue weighted by molar-refractivity contribution is 5.98. The van der Waals surface area contributed by atoms with Crippen LogP contribution in [0.1, 0.15) is 5.56 Å². The largest absolute Gasteiger partial charge is 0.507 e. The summed E-state index contributed by atoms with van der Waals surface area (Å²) in [4.78, 5) is 33.5. The minimum Gasteiger partial charge on any atom is -0.507 e. The van der Waals surface area contributed by atoms with E-state index in [1.165, 1.54) is 13.0 Å². The van der Waals surface area contributed by atoms with Crippen molar-refractivity contribution in [2.45, 2.75) is 6.92 Å². The molecule has 0 aliphatic heterocycles. The number of benzene rings is 1. The molecule has 0 aliphatic rings. The van der Waals surface area contributed by atoms with Gasteiger partial charge in [0.05, 0.1) is 21.9 Å². The van der Waals surface area contributed by atoms with Gasteiger partial charge in [-0.2, -0.15) is 0 Å². The molecule has 1 aromatic carbocycles. The lowest BCUT2D eigenvalue weighted by Crippen LogP contribution is -2.12. The van der Waals surface area contributed by atoms with Gasteiger partial charge in [-0.15, -0.1) is 0 Å². The number of nitrogens with one attached hydrogen (secondary N) is 2.